The van der Waals surface area contributed by atoms with Crippen LogP contribution in [0.4, 0.5) is 5.69 Å². The third-order valence-electron chi connectivity index (χ3n) is 4.85. The zero-order chi connectivity index (χ0) is 15.7. The summed E-state index contributed by atoms with van der Waals surface area (Å²) < 4.78 is 5.47. The fraction of sp³-hybridized carbons (Fsp3) is 0.588. The highest BCUT2D eigenvalue weighted by Crippen LogP contribution is 2.35. The summed E-state index contributed by atoms with van der Waals surface area (Å²) in [6.45, 7) is 5.27. The second-order valence-electron chi connectivity index (χ2n) is 6.21. The first-order chi connectivity index (χ1) is 10.6. The minimum Gasteiger partial charge on any atom is -0.495 e. The Morgan fingerprint density at radius 1 is 1.23 bits per heavy atom. The minimum atomic E-state index is 0.291. The normalized spacial score (nSPS) is 19.0. The fourth-order valence-electron chi connectivity index (χ4n) is 3.14. The Kier molecular flexibility index (Phi) is 4.48. The highest BCUT2D eigenvalue weighted by molar-refractivity contribution is 6.31. The zero-order valence-corrected chi connectivity index (χ0v) is 14.0. The quantitative estimate of drug-likeness (QED) is 0.857. The average Bonchev–Trinajstić information content (AvgIpc) is 2.48. The van der Waals surface area contributed by atoms with Crippen LogP contribution in [0.25, 0.3) is 0 Å². The van der Waals surface area contributed by atoms with E-state index in [1.807, 2.05) is 17.9 Å². The van der Waals surface area contributed by atoms with Gasteiger partial charge >= 0.3 is 0 Å². The van der Waals surface area contributed by atoms with Gasteiger partial charge in [-0.2, -0.15) is 0 Å². The molecule has 0 atom stereocenters. The molecule has 0 spiro atoms. The lowest BCUT2D eigenvalue weighted by atomic mass is 9.84. The number of rotatable bonds is 3. The highest BCUT2D eigenvalue weighted by atomic mass is 35.5. The van der Waals surface area contributed by atoms with Gasteiger partial charge in [-0.1, -0.05) is 18.0 Å². The lowest BCUT2D eigenvalue weighted by Crippen LogP contribution is -2.51. The predicted octanol–water partition coefficient (Wildman–Crippen LogP) is 3.11. The van der Waals surface area contributed by atoms with Gasteiger partial charge in [0, 0.05) is 43.2 Å². The van der Waals surface area contributed by atoms with Crippen molar-refractivity contribution >= 4 is 23.2 Å². The van der Waals surface area contributed by atoms with Crippen LogP contribution in [0.15, 0.2) is 12.1 Å². The van der Waals surface area contributed by atoms with Crippen LogP contribution in [0.3, 0.4) is 0 Å². The van der Waals surface area contributed by atoms with Crippen LogP contribution in [-0.2, 0) is 4.79 Å². The molecular weight excluding hydrogens is 300 g/mol. The molecule has 1 aliphatic carbocycles. The van der Waals surface area contributed by atoms with E-state index in [0.717, 1.165) is 61.0 Å². The standard InChI is InChI=1S/C17H23ClN2O2/c1-12-10-15(16(22-2)11-14(12)18)19-6-8-20(9-7-19)17(21)13-4-3-5-13/h10-11,13H,3-9H2,1-2H3. The first kappa shape index (κ1) is 15.5. The summed E-state index contributed by atoms with van der Waals surface area (Å²) in [5.74, 6) is 1.44. The number of piperazine rings is 1. The monoisotopic (exact) mass is 322 g/mol. The van der Waals surface area contributed by atoms with Crippen LogP contribution >= 0.6 is 11.6 Å². The number of hydrogen-bond donors (Lipinski definition) is 0. The number of halogens is 1. The maximum atomic E-state index is 12.3. The lowest BCUT2D eigenvalue weighted by Gasteiger charge is -2.39. The van der Waals surface area contributed by atoms with E-state index in [2.05, 4.69) is 11.0 Å². The first-order valence-electron chi connectivity index (χ1n) is 7.98. The van der Waals surface area contributed by atoms with Crippen molar-refractivity contribution in [2.24, 2.45) is 5.92 Å². The van der Waals surface area contributed by atoms with Crippen molar-refractivity contribution < 1.29 is 9.53 Å². The average molecular weight is 323 g/mol. The zero-order valence-electron chi connectivity index (χ0n) is 13.3. The second-order valence-corrected chi connectivity index (χ2v) is 6.62. The fourth-order valence-corrected chi connectivity index (χ4v) is 3.29. The van der Waals surface area contributed by atoms with Gasteiger partial charge < -0.3 is 14.5 Å². The molecule has 1 heterocycles. The molecule has 1 aliphatic heterocycles. The van der Waals surface area contributed by atoms with E-state index in [1.165, 1.54) is 6.42 Å². The van der Waals surface area contributed by atoms with Crippen LogP contribution in [0.2, 0.25) is 5.02 Å². The van der Waals surface area contributed by atoms with Crippen molar-refractivity contribution in [3.05, 3.63) is 22.7 Å². The van der Waals surface area contributed by atoms with Crippen molar-refractivity contribution in [1.82, 2.24) is 4.90 Å². The van der Waals surface area contributed by atoms with Gasteiger partial charge in [-0.15, -0.1) is 0 Å². The van der Waals surface area contributed by atoms with Gasteiger partial charge in [-0.25, -0.2) is 0 Å². The Hall–Kier alpha value is -1.42. The lowest BCUT2D eigenvalue weighted by molar-refractivity contribution is -0.138. The number of carbonyl (C=O) groups is 1. The van der Waals surface area contributed by atoms with Crippen molar-refractivity contribution in [2.75, 3.05) is 38.2 Å². The van der Waals surface area contributed by atoms with Crippen molar-refractivity contribution in [3.63, 3.8) is 0 Å². The van der Waals surface area contributed by atoms with Crippen molar-refractivity contribution in [2.45, 2.75) is 26.2 Å². The molecule has 0 aromatic heterocycles. The molecule has 1 saturated heterocycles. The first-order valence-corrected chi connectivity index (χ1v) is 8.36. The molecule has 1 amide bonds. The van der Waals surface area contributed by atoms with E-state index >= 15 is 0 Å². The van der Waals surface area contributed by atoms with Crippen molar-refractivity contribution in [1.29, 1.82) is 0 Å². The summed E-state index contributed by atoms with van der Waals surface area (Å²) in [4.78, 5) is 16.6. The van der Waals surface area contributed by atoms with E-state index in [9.17, 15) is 4.79 Å². The van der Waals surface area contributed by atoms with Gasteiger partial charge in [0.05, 0.1) is 12.8 Å². The summed E-state index contributed by atoms with van der Waals surface area (Å²) >= 11 is 6.17. The Labute approximate surface area is 137 Å². The third-order valence-corrected chi connectivity index (χ3v) is 5.25. The molecule has 120 valence electrons. The van der Waals surface area contributed by atoms with Crippen molar-refractivity contribution in [3.8, 4) is 5.75 Å². The number of methoxy groups -OCH3 is 1. The molecule has 3 rings (SSSR count). The number of carbonyl (C=O) groups excluding carboxylic acids is 1. The largest absolute Gasteiger partial charge is 0.495 e. The molecule has 4 nitrogen and oxygen atoms in total. The number of benzene rings is 1. The molecular formula is C17H23ClN2O2. The highest BCUT2D eigenvalue weighted by Gasteiger charge is 2.31. The maximum absolute atomic E-state index is 12.3. The smallest absolute Gasteiger partial charge is 0.225 e. The van der Waals surface area contributed by atoms with Gasteiger partial charge in [0.15, 0.2) is 0 Å². The van der Waals surface area contributed by atoms with Gasteiger partial charge in [-0.3, -0.25) is 4.79 Å². The van der Waals surface area contributed by atoms with Crippen LogP contribution in [-0.4, -0.2) is 44.1 Å². The van der Waals surface area contributed by atoms with Crippen LogP contribution in [0, 0.1) is 12.8 Å². The molecule has 0 bridgehead atoms. The molecule has 5 heteroatoms. The SMILES string of the molecule is COc1cc(Cl)c(C)cc1N1CCN(C(=O)C2CCC2)CC1. The van der Waals surface area contributed by atoms with Gasteiger partial charge in [-0.05, 0) is 31.4 Å². The third kappa shape index (κ3) is 2.89. The Bertz CT molecular complexity index is 564. The van der Waals surface area contributed by atoms with Crippen LogP contribution in [0.5, 0.6) is 5.75 Å². The van der Waals surface area contributed by atoms with Gasteiger partial charge in [0.25, 0.3) is 0 Å². The molecule has 1 aromatic carbocycles. The summed E-state index contributed by atoms with van der Waals surface area (Å²) in [7, 11) is 1.67. The van der Waals surface area contributed by atoms with Crippen LogP contribution in [0.1, 0.15) is 24.8 Å². The van der Waals surface area contributed by atoms with E-state index in [1.54, 1.807) is 7.11 Å². The topological polar surface area (TPSA) is 32.8 Å². The van der Waals surface area contributed by atoms with Crippen LogP contribution < -0.4 is 9.64 Å². The number of ether oxygens (including phenoxy) is 1. The van der Waals surface area contributed by atoms with E-state index < -0.39 is 0 Å². The molecule has 2 fully saturated rings. The molecule has 22 heavy (non-hydrogen) atoms. The van der Waals surface area contributed by atoms with Gasteiger partial charge in [0.2, 0.25) is 5.91 Å². The summed E-state index contributed by atoms with van der Waals surface area (Å²) in [6, 6.07) is 3.95. The molecule has 0 unspecified atom stereocenters. The summed E-state index contributed by atoms with van der Waals surface area (Å²) in [5, 5.41) is 0.722. The number of aryl methyl sites for hydroxylation is 1. The number of hydrogen-bond acceptors (Lipinski definition) is 3. The van der Waals surface area contributed by atoms with E-state index in [-0.39, 0.29) is 0 Å². The molecule has 2 aliphatic rings. The number of anilines is 1. The molecule has 0 radical (unpaired) electrons. The maximum Gasteiger partial charge on any atom is 0.225 e. The van der Waals surface area contributed by atoms with Gasteiger partial charge in [0.1, 0.15) is 5.75 Å². The summed E-state index contributed by atoms with van der Waals surface area (Å²) in [5.41, 5.74) is 2.12. The van der Waals surface area contributed by atoms with E-state index in [4.69, 9.17) is 16.3 Å². The predicted molar refractivity (Wildman–Crippen MR) is 88.9 cm³/mol. The molecule has 0 N–H and O–H groups in total. The summed E-state index contributed by atoms with van der Waals surface area (Å²) in [6.07, 6.45) is 3.35. The number of nitrogens with zero attached hydrogens (tertiary/aromatic N) is 2. The Morgan fingerprint density at radius 2 is 1.91 bits per heavy atom. The Morgan fingerprint density at radius 3 is 2.45 bits per heavy atom. The second kappa shape index (κ2) is 6.37. The minimum absolute atomic E-state index is 0.291. The number of amides is 1. The molecule has 1 aromatic rings. The van der Waals surface area contributed by atoms with E-state index in [0.29, 0.717) is 11.8 Å². The molecule has 1 saturated carbocycles. The Balaban J connectivity index is 1.68.